The topological polar surface area (TPSA) is 57.7 Å². The number of hydrogen-bond donors (Lipinski definition) is 1. The molecule has 0 atom stereocenters. The standard InChI is InChI=1S/C12H9ClFN5/c1-19(8-5-3-2-4-7(8)14)11-9-10(16-6-15-9)17-12(13)18-11/h2-6H,1H3,(H,15,16,17,18). The zero-order chi connectivity index (χ0) is 13.4. The Hall–Kier alpha value is -2.21. The maximum Gasteiger partial charge on any atom is 0.226 e. The Kier molecular flexibility index (Phi) is 2.79. The number of halogens is 2. The van der Waals surface area contributed by atoms with Crippen molar-refractivity contribution in [3.05, 3.63) is 41.7 Å². The van der Waals surface area contributed by atoms with Crippen LogP contribution in [0.5, 0.6) is 0 Å². The van der Waals surface area contributed by atoms with Crippen LogP contribution in [0.15, 0.2) is 30.6 Å². The van der Waals surface area contributed by atoms with E-state index in [0.29, 0.717) is 22.7 Å². The molecule has 0 spiro atoms. The number of imidazole rings is 1. The molecule has 0 aliphatic heterocycles. The molecule has 96 valence electrons. The van der Waals surface area contributed by atoms with Crippen molar-refractivity contribution in [1.29, 1.82) is 0 Å². The molecule has 0 saturated heterocycles. The Bertz CT molecular complexity index is 742. The third-order valence-corrected chi connectivity index (χ3v) is 2.94. The minimum Gasteiger partial charge on any atom is -0.340 e. The zero-order valence-electron chi connectivity index (χ0n) is 9.93. The zero-order valence-corrected chi connectivity index (χ0v) is 10.7. The number of H-pyrrole nitrogens is 1. The first-order valence-corrected chi connectivity index (χ1v) is 5.89. The van der Waals surface area contributed by atoms with E-state index in [1.54, 1.807) is 30.1 Å². The highest BCUT2D eigenvalue weighted by Gasteiger charge is 2.16. The lowest BCUT2D eigenvalue weighted by Gasteiger charge is -2.19. The molecule has 19 heavy (non-hydrogen) atoms. The van der Waals surface area contributed by atoms with Gasteiger partial charge < -0.3 is 9.88 Å². The fourth-order valence-electron chi connectivity index (χ4n) is 1.87. The summed E-state index contributed by atoms with van der Waals surface area (Å²) in [6, 6.07) is 6.43. The molecular weight excluding hydrogens is 269 g/mol. The number of aromatic nitrogens is 4. The molecule has 0 aliphatic carbocycles. The number of aromatic amines is 1. The minimum atomic E-state index is -0.340. The van der Waals surface area contributed by atoms with Crippen molar-refractivity contribution in [2.24, 2.45) is 0 Å². The molecule has 0 amide bonds. The summed E-state index contributed by atoms with van der Waals surface area (Å²) in [4.78, 5) is 16.7. The summed E-state index contributed by atoms with van der Waals surface area (Å²) < 4.78 is 13.8. The quantitative estimate of drug-likeness (QED) is 0.732. The van der Waals surface area contributed by atoms with Crippen LogP contribution >= 0.6 is 11.6 Å². The number of fused-ring (bicyclic) bond motifs is 1. The highest BCUT2D eigenvalue weighted by molar-refractivity contribution is 6.28. The van der Waals surface area contributed by atoms with Crippen LogP contribution in [0.4, 0.5) is 15.9 Å². The van der Waals surface area contributed by atoms with Gasteiger partial charge in [-0.25, -0.2) is 9.37 Å². The smallest absolute Gasteiger partial charge is 0.226 e. The van der Waals surface area contributed by atoms with Crippen molar-refractivity contribution in [2.75, 3.05) is 11.9 Å². The van der Waals surface area contributed by atoms with Crippen molar-refractivity contribution in [2.45, 2.75) is 0 Å². The molecular formula is C12H9ClFN5. The van der Waals surface area contributed by atoms with Crippen LogP contribution in [-0.4, -0.2) is 27.0 Å². The van der Waals surface area contributed by atoms with Gasteiger partial charge in [-0.15, -0.1) is 0 Å². The van der Waals surface area contributed by atoms with Crippen LogP contribution in [0.1, 0.15) is 0 Å². The van der Waals surface area contributed by atoms with Crippen LogP contribution in [0, 0.1) is 5.82 Å². The fourth-order valence-corrected chi connectivity index (χ4v) is 2.03. The number of hydrogen-bond acceptors (Lipinski definition) is 4. The van der Waals surface area contributed by atoms with Gasteiger partial charge in [0.15, 0.2) is 11.5 Å². The Balaban J connectivity index is 2.19. The Morgan fingerprint density at radius 3 is 2.84 bits per heavy atom. The summed E-state index contributed by atoms with van der Waals surface area (Å²) in [5.41, 5.74) is 1.45. The van der Waals surface area contributed by atoms with Crippen molar-refractivity contribution >= 4 is 34.3 Å². The highest BCUT2D eigenvalue weighted by atomic mass is 35.5. The minimum absolute atomic E-state index is 0.0674. The van der Waals surface area contributed by atoms with E-state index in [1.165, 1.54) is 12.4 Å². The molecule has 1 aromatic carbocycles. The van der Waals surface area contributed by atoms with Crippen LogP contribution in [-0.2, 0) is 0 Å². The van der Waals surface area contributed by atoms with Crippen molar-refractivity contribution < 1.29 is 4.39 Å². The first-order valence-electron chi connectivity index (χ1n) is 5.51. The number of nitrogens with zero attached hydrogens (tertiary/aromatic N) is 4. The molecule has 0 unspecified atom stereocenters. The normalized spacial score (nSPS) is 10.9. The van der Waals surface area contributed by atoms with Crippen LogP contribution in [0.25, 0.3) is 11.2 Å². The fraction of sp³-hybridized carbons (Fsp3) is 0.0833. The van der Waals surface area contributed by atoms with Gasteiger partial charge in [-0.2, -0.15) is 9.97 Å². The van der Waals surface area contributed by atoms with Crippen molar-refractivity contribution in [3.8, 4) is 0 Å². The molecule has 3 rings (SSSR count). The summed E-state index contributed by atoms with van der Waals surface area (Å²) in [5, 5.41) is 0.0674. The predicted molar refractivity (Wildman–Crippen MR) is 71.2 cm³/mol. The van der Waals surface area contributed by atoms with E-state index in [4.69, 9.17) is 11.6 Å². The predicted octanol–water partition coefficient (Wildman–Crippen LogP) is 2.91. The monoisotopic (exact) mass is 277 g/mol. The Morgan fingerprint density at radius 1 is 1.26 bits per heavy atom. The van der Waals surface area contributed by atoms with E-state index < -0.39 is 0 Å². The van der Waals surface area contributed by atoms with Gasteiger partial charge in [0.05, 0.1) is 12.0 Å². The highest BCUT2D eigenvalue weighted by Crippen LogP contribution is 2.29. The maximum atomic E-state index is 13.8. The maximum absolute atomic E-state index is 13.8. The molecule has 0 saturated carbocycles. The van der Waals surface area contributed by atoms with Crippen molar-refractivity contribution in [1.82, 2.24) is 19.9 Å². The van der Waals surface area contributed by atoms with Gasteiger partial charge >= 0.3 is 0 Å². The lowest BCUT2D eigenvalue weighted by molar-refractivity contribution is 0.627. The summed E-state index contributed by atoms with van der Waals surface area (Å²) in [6.45, 7) is 0. The number of benzene rings is 1. The third kappa shape index (κ3) is 2.00. The summed E-state index contributed by atoms with van der Waals surface area (Å²) >= 11 is 5.86. The summed E-state index contributed by atoms with van der Waals surface area (Å²) in [6.07, 6.45) is 1.49. The molecule has 0 bridgehead atoms. The molecule has 1 N–H and O–H groups in total. The van der Waals surface area contributed by atoms with Gasteiger partial charge in [-0.05, 0) is 23.7 Å². The SMILES string of the molecule is CN(c1ccccc1F)c1nc(Cl)nc2nc[nH]c12. The largest absolute Gasteiger partial charge is 0.340 e. The first-order chi connectivity index (χ1) is 9.16. The van der Waals surface area contributed by atoms with E-state index in [2.05, 4.69) is 19.9 Å². The van der Waals surface area contributed by atoms with E-state index >= 15 is 0 Å². The molecule has 7 heteroatoms. The molecule has 0 radical (unpaired) electrons. The molecule has 0 fully saturated rings. The van der Waals surface area contributed by atoms with Gasteiger partial charge in [-0.1, -0.05) is 12.1 Å². The van der Waals surface area contributed by atoms with Gasteiger partial charge in [0, 0.05) is 7.05 Å². The number of anilines is 2. The van der Waals surface area contributed by atoms with Gasteiger partial charge in [0.1, 0.15) is 11.3 Å². The Morgan fingerprint density at radius 2 is 2.05 bits per heavy atom. The van der Waals surface area contributed by atoms with Crippen LogP contribution in [0.2, 0.25) is 5.28 Å². The second-order valence-corrected chi connectivity index (χ2v) is 4.27. The first kappa shape index (κ1) is 11.9. The second kappa shape index (κ2) is 4.47. The molecule has 2 aromatic heterocycles. The van der Waals surface area contributed by atoms with E-state index in [9.17, 15) is 4.39 Å². The van der Waals surface area contributed by atoms with Crippen molar-refractivity contribution in [3.63, 3.8) is 0 Å². The average Bonchev–Trinajstić information content (AvgIpc) is 2.85. The number of rotatable bonds is 2. The number of nitrogens with one attached hydrogen (secondary N) is 1. The lowest BCUT2D eigenvalue weighted by atomic mass is 10.3. The van der Waals surface area contributed by atoms with E-state index in [-0.39, 0.29) is 11.1 Å². The summed E-state index contributed by atoms with van der Waals surface area (Å²) in [7, 11) is 1.71. The van der Waals surface area contributed by atoms with Crippen LogP contribution < -0.4 is 4.90 Å². The molecule has 2 heterocycles. The molecule has 5 nitrogen and oxygen atoms in total. The van der Waals surface area contributed by atoms with Gasteiger partial charge in [-0.3, -0.25) is 0 Å². The van der Waals surface area contributed by atoms with E-state index in [0.717, 1.165) is 0 Å². The number of para-hydroxylation sites is 1. The van der Waals surface area contributed by atoms with E-state index in [1.807, 2.05) is 0 Å². The Labute approximate surface area is 113 Å². The van der Waals surface area contributed by atoms with Crippen LogP contribution in [0.3, 0.4) is 0 Å². The van der Waals surface area contributed by atoms with Gasteiger partial charge in [0.2, 0.25) is 5.28 Å². The third-order valence-electron chi connectivity index (χ3n) is 2.77. The van der Waals surface area contributed by atoms with Gasteiger partial charge in [0.25, 0.3) is 0 Å². The summed E-state index contributed by atoms with van der Waals surface area (Å²) in [5.74, 6) is 0.130. The molecule has 0 aliphatic rings. The molecule has 3 aromatic rings. The average molecular weight is 278 g/mol. The lowest BCUT2D eigenvalue weighted by Crippen LogP contribution is -2.14. The second-order valence-electron chi connectivity index (χ2n) is 3.93.